The zero-order valence-electron chi connectivity index (χ0n) is 21.8. The average Bonchev–Trinajstić information content (AvgIpc) is 2.97. The van der Waals surface area contributed by atoms with Crippen LogP contribution in [0.2, 0.25) is 0 Å². The Balaban J connectivity index is 1.18. The summed E-state index contributed by atoms with van der Waals surface area (Å²) in [6.07, 6.45) is -0.660. The van der Waals surface area contributed by atoms with Gasteiger partial charge in [-0.05, 0) is 0 Å². The molecule has 2 unspecified atom stereocenters. The van der Waals surface area contributed by atoms with Crippen LogP contribution >= 0.6 is 0 Å². The van der Waals surface area contributed by atoms with Gasteiger partial charge in [-0.2, -0.15) is 0 Å². The summed E-state index contributed by atoms with van der Waals surface area (Å²) in [5.74, 6) is 0.404. The van der Waals surface area contributed by atoms with E-state index in [1.165, 1.54) is 7.14 Å². The second-order valence-electron chi connectivity index (χ2n) is 8.67. The molecular formula is C32H30IO6-. The minimum atomic E-state index is -0.413. The second-order valence-corrected chi connectivity index (χ2v) is 11.7. The van der Waals surface area contributed by atoms with Crippen LogP contribution in [0.1, 0.15) is 37.2 Å². The fraction of sp³-hybridized carbons (Fsp3) is 0.188. The minimum absolute atomic E-state index is 0.147. The van der Waals surface area contributed by atoms with E-state index in [9.17, 15) is 9.59 Å². The van der Waals surface area contributed by atoms with Crippen LogP contribution in [-0.4, -0.2) is 25.2 Å². The normalized spacial score (nSPS) is 12.3. The number of ether oxygens (including phenoxy) is 4. The number of esters is 2. The zero-order valence-corrected chi connectivity index (χ0v) is 23.9. The molecule has 0 aliphatic heterocycles. The molecule has 0 aliphatic rings. The third kappa shape index (κ3) is 9.14. The van der Waals surface area contributed by atoms with Crippen molar-refractivity contribution in [2.75, 3.05) is 13.2 Å². The number of benzene rings is 4. The molecule has 0 fully saturated rings. The van der Waals surface area contributed by atoms with Gasteiger partial charge in [0.05, 0.1) is 0 Å². The Bertz CT molecular complexity index is 1220. The quantitative estimate of drug-likeness (QED) is 0.176. The number of halogens is 1. The molecule has 0 heterocycles. The van der Waals surface area contributed by atoms with Gasteiger partial charge in [0.15, 0.2) is 0 Å². The van der Waals surface area contributed by atoms with Crippen LogP contribution in [0.4, 0.5) is 0 Å². The maximum absolute atomic E-state index is 12.1. The summed E-state index contributed by atoms with van der Waals surface area (Å²) in [6.45, 7) is 3.38. The molecule has 0 saturated heterocycles. The van der Waals surface area contributed by atoms with Gasteiger partial charge in [-0.15, -0.1) is 0 Å². The summed E-state index contributed by atoms with van der Waals surface area (Å²) < 4.78 is 24.5. The van der Waals surface area contributed by atoms with Crippen molar-refractivity contribution in [3.8, 4) is 11.5 Å². The first kappa shape index (κ1) is 28.2. The van der Waals surface area contributed by atoms with E-state index in [2.05, 4.69) is 0 Å². The Labute approximate surface area is 239 Å². The van der Waals surface area contributed by atoms with Gasteiger partial charge in [0.2, 0.25) is 0 Å². The molecule has 39 heavy (non-hydrogen) atoms. The van der Waals surface area contributed by atoms with E-state index in [0.29, 0.717) is 11.5 Å². The number of carbonyl (C=O) groups is 2. The molecule has 0 aliphatic carbocycles. The number of carbonyl (C=O) groups excluding carboxylic acids is 2. The SMILES string of the molecule is CC(OC(=O)COc1ccc([I-]c2ccc(OCC(=O)OC(C)c3ccccc3)cc2)cc1)c1ccccc1. The van der Waals surface area contributed by atoms with Crippen LogP contribution in [0.15, 0.2) is 109 Å². The third-order valence-corrected chi connectivity index (χ3v) is 8.40. The van der Waals surface area contributed by atoms with E-state index in [1.54, 1.807) is 0 Å². The van der Waals surface area contributed by atoms with Gasteiger partial charge in [0, 0.05) is 0 Å². The number of hydrogen-bond donors (Lipinski definition) is 0. The average molecular weight is 637 g/mol. The number of rotatable bonds is 12. The predicted octanol–water partition coefficient (Wildman–Crippen LogP) is 3.18. The standard InChI is InChI=1S/C32H30IO6/c1-23(25-9-5-3-6-10-25)38-31(34)21-36-29-17-13-27(14-18-29)33-28-15-19-30(20-16-28)37-22-32(35)39-24(2)26-11-7-4-8-12-26/h3-20,23-24H,21-22H2,1-2H3/q-1. The van der Waals surface area contributed by atoms with E-state index in [4.69, 9.17) is 18.9 Å². The van der Waals surface area contributed by atoms with E-state index >= 15 is 0 Å². The Morgan fingerprint density at radius 2 is 0.923 bits per heavy atom. The third-order valence-electron chi connectivity index (χ3n) is 5.71. The van der Waals surface area contributed by atoms with Crippen LogP contribution in [0, 0.1) is 7.14 Å². The maximum atomic E-state index is 12.1. The number of hydrogen-bond acceptors (Lipinski definition) is 6. The van der Waals surface area contributed by atoms with Crippen molar-refractivity contribution in [1.82, 2.24) is 0 Å². The molecule has 0 bridgehead atoms. The molecule has 7 heteroatoms. The second kappa shape index (κ2) is 14.3. The molecule has 2 atom stereocenters. The summed E-state index contributed by atoms with van der Waals surface area (Å²) in [7, 11) is 0. The fourth-order valence-corrected chi connectivity index (χ4v) is 5.80. The Hall–Kier alpha value is -3.85. The van der Waals surface area contributed by atoms with Gasteiger partial charge in [0.25, 0.3) is 0 Å². The molecule has 0 N–H and O–H groups in total. The van der Waals surface area contributed by atoms with E-state index in [-0.39, 0.29) is 25.4 Å². The zero-order chi connectivity index (χ0) is 27.5. The molecule has 0 aromatic heterocycles. The van der Waals surface area contributed by atoms with Crippen molar-refractivity contribution in [3.05, 3.63) is 127 Å². The molecule has 0 saturated carbocycles. The molecule has 0 radical (unpaired) electrons. The molecule has 202 valence electrons. The first-order valence-corrected chi connectivity index (χ1v) is 14.7. The van der Waals surface area contributed by atoms with Crippen LogP contribution in [-0.2, 0) is 19.1 Å². The van der Waals surface area contributed by atoms with E-state index in [0.717, 1.165) is 11.1 Å². The van der Waals surface area contributed by atoms with Gasteiger partial charge in [-0.1, -0.05) is 12.1 Å². The summed E-state index contributed by atoms with van der Waals surface area (Å²) in [6, 6.07) is 34.7. The van der Waals surface area contributed by atoms with Gasteiger partial charge in [0.1, 0.15) is 0 Å². The van der Waals surface area contributed by atoms with E-state index in [1.807, 2.05) is 123 Å². The Morgan fingerprint density at radius 1 is 0.564 bits per heavy atom. The van der Waals surface area contributed by atoms with Crippen molar-refractivity contribution in [2.45, 2.75) is 26.1 Å². The molecule has 0 spiro atoms. The fourth-order valence-electron chi connectivity index (χ4n) is 3.64. The van der Waals surface area contributed by atoms with Crippen molar-refractivity contribution in [3.63, 3.8) is 0 Å². The van der Waals surface area contributed by atoms with Gasteiger partial charge >= 0.3 is 228 Å². The Morgan fingerprint density at radius 3 is 1.28 bits per heavy atom. The van der Waals surface area contributed by atoms with Crippen LogP contribution in [0.3, 0.4) is 0 Å². The first-order chi connectivity index (χ1) is 19.0. The van der Waals surface area contributed by atoms with Gasteiger partial charge in [-0.3, -0.25) is 0 Å². The van der Waals surface area contributed by atoms with Crippen LogP contribution < -0.4 is 30.7 Å². The molecule has 0 amide bonds. The van der Waals surface area contributed by atoms with Gasteiger partial charge in [-0.25, -0.2) is 0 Å². The van der Waals surface area contributed by atoms with Crippen molar-refractivity contribution in [2.24, 2.45) is 0 Å². The Kier molecular flexibility index (Phi) is 10.4. The van der Waals surface area contributed by atoms with Crippen molar-refractivity contribution < 1.29 is 49.7 Å². The molecule has 4 rings (SSSR count). The summed E-state index contributed by atoms with van der Waals surface area (Å²) in [5, 5.41) is 0. The first-order valence-electron chi connectivity index (χ1n) is 12.6. The van der Waals surface area contributed by atoms with Crippen molar-refractivity contribution >= 4 is 11.9 Å². The van der Waals surface area contributed by atoms with E-state index < -0.39 is 33.1 Å². The topological polar surface area (TPSA) is 71.1 Å². The monoisotopic (exact) mass is 637 g/mol. The van der Waals surface area contributed by atoms with Crippen LogP contribution in [0.5, 0.6) is 11.5 Å². The molecular weight excluding hydrogens is 607 g/mol. The van der Waals surface area contributed by atoms with Crippen LogP contribution in [0.25, 0.3) is 0 Å². The summed E-state index contributed by atoms with van der Waals surface area (Å²) in [4.78, 5) is 24.3. The molecule has 6 nitrogen and oxygen atoms in total. The molecule has 4 aromatic rings. The van der Waals surface area contributed by atoms with Crippen molar-refractivity contribution in [1.29, 1.82) is 0 Å². The summed E-state index contributed by atoms with van der Waals surface area (Å²) >= 11 is -0.413. The molecule has 4 aromatic carbocycles. The van der Waals surface area contributed by atoms with Gasteiger partial charge < -0.3 is 0 Å². The predicted molar refractivity (Wildman–Crippen MR) is 143 cm³/mol. The summed E-state index contributed by atoms with van der Waals surface area (Å²) in [5.41, 5.74) is 1.88.